The molecule has 4 rings (SSSR count). The fourth-order valence-corrected chi connectivity index (χ4v) is 5.13. The Morgan fingerprint density at radius 1 is 1.26 bits per heavy atom. The average molecular weight is 402 g/mol. The second-order valence-corrected chi connectivity index (χ2v) is 8.90. The molecular formula is C20H23N3O2S2. The number of amides is 2. The standard InChI is InChI=1S/C20H23N3O2S2/c1-26-17-6-4-16(5-7-17)23-13-15(11-18(23)24)20(25)22-9-2-3-14(12-22)19-21-8-10-27-19/h4-8,10,14-15H,2-3,9,11-13H2,1H3. The summed E-state index contributed by atoms with van der Waals surface area (Å²) >= 11 is 3.34. The zero-order valence-electron chi connectivity index (χ0n) is 15.3. The minimum absolute atomic E-state index is 0.0405. The highest BCUT2D eigenvalue weighted by atomic mass is 32.2. The second kappa shape index (κ2) is 8.02. The highest BCUT2D eigenvalue weighted by Gasteiger charge is 2.38. The highest BCUT2D eigenvalue weighted by Crippen LogP contribution is 2.32. The minimum Gasteiger partial charge on any atom is -0.342 e. The van der Waals surface area contributed by atoms with Gasteiger partial charge in [0.05, 0.1) is 10.9 Å². The van der Waals surface area contributed by atoms with E-state index < -0.39 is 0 Å². The Morgan fingerprint density at radius 2 is 2.07 bits per heavy atom. The van der Waals surface area contributed by atoms with Crippen LogP contribution in [0.3, 0.4) is 0 Å². The summed E-state index contributed by atoms with van der Waals surface area (Å²) in [6.07, 6.45) is 6.24. The van der Waals surface area contributed by atoms with Gasteiger partial charge in [-0.15, -0.1) is 23.1 Å². The van der Waals surface area contributed by atoms with Crippen LogP contribution in [0.5, 0.6) is 0 Å². The molecule has 2 aliphatic rings. The number of hydrogen-bond acceptors (Lipinski definition) is 5. The first kappa shape index (κ1) is 18.5. The maximum Gasteiger partial charge on any atom is 0.228 e. The number of carbonyl (C=O) groups excluding carboxylic acids is 2. The van der Waals surface area contributed by atoms with Crippen LogP contribution in [0.25, 0.3) is 0 Å². The monoisotopic (exact) mass is 401 g/mol. The van der Waals surface area contributed by atoms with Crippen molar-refractivity contribution in [1.29, 1.82) is 0 Å². The van der Waals surface area contributed by atoms with Crippen LogP contribution >= 0.6 is 23.1 Å². The summed E-state index contributed by atoms with van der Waals surface area (Å²) in [4.78, 5) is 34.9. The molecule has 0 bridgehead atoms. The number of likely N-dealkylation sites (tertiary alicyclic amines) is 1. The van der Waals surface area contributed by atoms with Gasteiger partial charge in [0.15, 0.2) is 0 Å². The third-order valence-corrected chi connectivity index (χ3v) is 7.07. The molecule has 142 valence electrons. The van der Waals surface area contributed by atoms with Crippen LogP contribution < -0.4 is 4.90 Å². The van der Waals surface area contributed by atoms with Crippen molar-refractivity contribution in [2.24, 2.45) is 5.92 Å². The molecule has 2 fully saturated rings. The van der Waals surface area contributed by atoms with Crippen molar-refractivity contribution in [3.8, 4) is 0 Å². The van der Waals surface area contributed by atoms with Gasteiger partial charge in [-0.3, -0.25) is 9.59 Å². The molecule has 3 heterocycles. The maximum atomic E-state index is 13.1. The molecule has 0 spiro atoms. The van der Waals surface area contributed by atoms with E-state index in [0.29, 0.717) is 18.9 Å². The predicted molar refractivity (Wildman–Crippen MR) is 109 cm³/mol. The molecule has 2 amide bonds. The van der Waals surface area contributed by atoms with Gasteiger partial charge in [0.25, 0.3) is 0 Å². The average Bonchev–Trinajstić information content (AvgIpc) is 3.38. The van der Waals surface area contributed by atoms with Gasteiger partial charge in [0.1, 0.15) is 0 Å². The van der Waals surface area contributed by atoms with Crippen LogP contribution in [0, 0.1) is 5.92 Å². The first-order valence-corrected chi connectivity index (χ1v) is 11.4. The fraction of sp³-hybridized carbons (Fsp3) is 0.450. The lowest BCUT2D eigenvalue weighted by atomic mass is 9.96. The largest absolute Gasteiger partial charge is 0.342 e. The molecule has 1 aromatic carbocycles. The van der Waals surface area contributed by atoms with Crippen molar-refractivity contribution in [2.75, 3.05) is 30.8 Å². The number of anilines is 1. The molecule has 7 heteroatoms. The van der Waals surface area contributed by atoms with Crippen LogP contribution in [0.1, 0.15) is 30.2 Å². The summed E-state index contributed by atoms with van der Waals surface area (Å²) in [6, 6.07) is 7.98. The Balaban J connectivity index is 1.42. The zero-order chi connectivity index (χ0) is 18.8. The van der Waals surface area contributed by atoms with Gasteiger partial charge in [-0.25, -0.2) is 4.98 Å². The number of carbonyl (C=O) groups is 2. The van der Waals surface area contributed by atoms with E-state index in [1.54, 1.807) is 28.0 Å². The van der Waals surface area contributed by atoms with Gasteiger partial charge in [0.2, 0.25) is 11.8 Å². The van der Waals surface area contributed by atoms with Crippen LogP contribution in [0.2, 0.25) is 0 Å². The van der Waals surface area contributed by atoms with Gasteiger partial charge in [-0.2, -0.15) is 0 Å². The van der Waals surface area contributed by atoms with Crippen molar-refractivity contribution in [3.05, 3.63) is 40.8 Å². The fourth-order valence-electron chi connectivity index (χ4n) is 3.96. The molecule has 0 aliphatic carbocycles. The smallest absolute Gasteiger partial charge is 0.228 e. The second-order valence-electron chi connectivity index (χ2n) is 7.10. The number of benzene rings is 1. The third-order valence-electron chi connectivity index (χ3n) is 5.39. The Bertz CT molecular complexity index is 807. The summed E-state index contributed by atoms with van der Waals surface area (Å²) in [6.45, 7) is 1.99. The lowest BCUT2D eigenvalue weighted by molar-refractivity contribution is -0.137. The summed E-state index contributed by atoms with van der Waals surface area (Å²) in [5, 5.41) is 3.11. The lowest BCUT2D eigenvalue weighted by Crippen LogP contribution is -2.43. The highest BCUT2D eigenvalue weighted by molar-refractivity contribution is 7.98. The van der Waals surface area contributed by atoms with E-state index in [4.69, 9.17) is 0 Å². The van der Waals surface area contributed by atoms with Crippen LogP contribution in [-0.4, -0.2) is 47.6 Å². The molecule has 0 saturated carbocycles. The quantitative estimate of drug-likeness (QED) is 0.734. The van der Waals surface area contributed by atoms with Crippen LogP contribution in [-0.2, 0) is 9.59 Å². The van der Waals surface area contributed by atoms with E-state index >= 15 is 0 Å². The molecule has 2 saturated heterocycles. The number of thioether (sulfide) groups is 1. The van der Waals surface area contributed by atoms with E-state index in [9.17, 15) is 9.59 Å². The van der Waals surface area contributed by atoms with E-state index in [2.05, 4.69) is 4.98 Å². The summed E-state index contributed by atoms with van der Waals surface area (Å²) in [7, 11) is 0. The van der Waals surface area contributed by atoms with Gasteiger partial charge >= 0.3 is 0 Å². The van der Waals surface area contributed by atoms with E-state index in [0.717, 1.165) is 36.6 Å². The van der Waals surface area contributed by atoms with E-state index in [-0.39, 0.29) is 17.7 Å². The summed E-state index contributed by atoms with van der Waals surface area (Å²) in [5.74, 6) is 0.245. The molecule has 2 atom stereocenters. The van der Waals surface area contributed by atoms with Crippen molar-refractivity contribution < 1.29 is 9.59 Å². The Hall–Kier alpha value is -1.86. The molecule has 5 nitrogen and oxygen atoms in total. The molecular weight excluding hydrogens is 378 g/mol. The summed E-state index contributed by atoms with van der Waals surface area (Å²) in [5.41, 5.74) is 0.882. The number of piperidine rings is 1. The number of hydrogen-bond donors (Lipinski definition) is 0. The molecule has 0 N–H and O–H groups in total. The molecule has 1 aromatic heterocycles. The number of rotatable bonds is 4. The predicted octanol–water partition coefficient (Wildman–Crippen LogP) is 3.62. The molecule has 0 radical (unpaired) electrons. The van der Waals surface area contributed by atoms with Crippen molar-refractivity contribution in [3.63, 3.8) is 0 Å². The van der Waals surface area contributed by atoms with E-state index in [1.807, 2.05) is 47.0 Å². The number of nitrogens with zero attached hydrogens (tertiary/aromatic N) is 3. The Kier molecular flexibility index (Phi) is 5.50. The molecule has 2 unspecified atom stereocenters. The topological polar surface area (TPSA) is 53.5 Å². The zero-order valence-corrected chi connectivity index (χ0v) is 17.0. The Morgan fingerprint density at radius 3 is 2.78 bits per heavy atom. The van der Waals surface area contributed by atoms with Crippen molar-refractivity contribution in [2.45, 2.75) is 30.1 Å². The normalized spacial score (nSPS) is 23.1. The minimum atomic E-state index is -0.243. The molecule has 2 aliphatic heterocycles. The van der Waals surface area contributed by atoms with Gasteiger partial charge < -0.3 is 9.80 Å². The van der Waals surface area contributed by atoms with E-state index in [1.165, 1.54) is 4.90 Å². The van der Waals surface area contributed by atoms with Gasteiger partial charge in [-0.05, 0) is 43.4 Å². The van der Waals surface area contributed by atoms with Gasteiger partial charge in [0, 0.05) is 54.1 Å². The number of thiazole rings is 1. The first-order chi connectivity index (χ1) is 13.2. The van der Waals surface area contributed by atoms with Crippen molar-refractivity contribution >= 4 is 40.6 Å². The molecule has 27 heavy (non-hydrogen) atoms. The lowest BCUT2D eigenvalue weighted by Gasteiger charge is -2.33. The number of aromatic nitrogens is 1. The van der Waals surface area contributed by atoms with Crippen LogP contribution in [0.4, 0.5) is 5.69 Å². The maximum absolute atomic E-state index is 13.1. The SMILES string of the molecule is CSc1ccc(N2CC(C(=O)N3CCCC(c4nccs4)C3)CC2=O)cc1. The Labute approximate surface area is 167 Å². The van der Waals surface area contributed by atoms with Gasteiger partial charge in [-0.1, -0.05) is 0 Å². The molecule has 2 aromatic rings. The first-order valence-electron chi connectivity index (χ1n) is 9.28. The summed E-state index contributed by atoms with van der Waals surface area (Å²) < 4.78 is 0. The van der Waals surface area contributed by atoms with Crippen molar-refractivity contribution in [1.82, 2.24) is 9.88 Å². The van der Waals surface area contributed by atoms with Crippen LogP contribution in [0.15, 0.2) is 40.7 Å². The third kappa shape index (κ3) is 3.89.